The Hall–Kier alpha value is 0.240. The van der Waals surface area contributed by atoms with Gasteiger partial charge >= 0.3 is 0 Å². The van der Waals surface area contributed by atoms with Crippen LogP contribution in [-0.4, -0.2) is 88.2 Å². The van der Waals surface area contributed by atoms with Gasteiger partial charge in [0.05, 0.1) is 27.2 Å². The summed E-state index contributed by atoms with van der Waals surface area (Å²) in [4.78, 5) is 0. The fourth-order valence-electron chi connectivity index (χ4n) is 5.06. The van der Waals surface area contributed by atoms with Crippen LogP contribution in [0.5, 0.6) is 0 Å². The van der Waals surface area contributed by atoms with Crippen molar-refractivity contribution in [3.63, 3.8) is 0 Å². The molecule has 0 spiro atoms. The van der Waals surface area contributed by atoms with E-state index < -0.39 is 31.0 Å². The highest BCUT2D eigenvalue weighted by Gasteiger charge is 2.33. The van der Waals surface area contributed by atoms with Crippen molar-refractivity contribution in [2.45, 2.75) is 160 Å². The maximum absolute atomic E-state index is 10.2. The fourth-order valence-corrected chi connectivity index (χ4v) is 5.06. The maximum Gasteiger partial charge on any atom is 0.131 e. The van der Waals surface area contributed by atoms with E-state index in [2.05, 4.69) is 6.92 Å². The lowest BCUT2D eigenvalue weighted by Crippen LogP contribution is -3.00. The molecular formula is C30H64BrNO5. The van der Waals surface area contributed by atoms with Gasteiger partial charge in [-0.3, -0.25) is 0 Å². The second-order valence-electron chi connectivity index (χ2n) is 11.9. The average molecular weight is 599 g/mol. The highest BCUT2D eigenvalue weighted by atomic mass is 79.9. The highest BCUT2D eigenvalue weighted by molar-refractivity contribution is 4.80. The summed E-state index contributed by atoms with van der Waals surface area (Å²) in [6.07, 6.45) is 21.6. The molecule has 0 aliphatic carbocycles. The molecule has 4 unspecified atom stereocenters. The Morgan fingerprint density at radius 2 is 0.784 bits per heavy atom. The smallest absolute Gasteiger partial charge is 0.131 e. The van der Waals surface area contributed by atoms with E-state index >= 15 is 0 Å². The second kappa shape index (κ2) is 26.5. The normalized spacial score (nSPS) is 15.2. The van der Waals surface area contributed by atoms with Crippen molar-refractivity contribution in [2.75, 3.05) is 33.8 Å². The zero-order chi connectivity index (χ0) is 27.1. The number of halogens is 1. The summed E-state index contributed by atoms with van der Waals surface area (Å²) < 4.78 is 0.541. The molecule has 0 fully saturated rings. The first-order valence-corrected chi connectivity index (χ1v) is 15.4. The van der Waals surface area contributed by atoms with Crippen LogP contribution in [0, 0.1) is 0 Å². The highest BCUT2D eigenvalue weighted by Crippen LogP contribution is 2.16. The number of aliphatic hydroxyl groups is 5. The van der Waals surface area contributed by atoms with Crippen LogP contribution in [0.15, 0.2) is 0 Å². The number of rotatable bonds is 27. The average Bonchev–Trinajstić information content (AvgIpc) is 2.85. The molecular weight excluding hydrogens is 534 g/mol. The van der Waals surface area contributed by atoms with Gasteiger partial charge in [-0.05, 0) is 12.8 Å². The van der Waals surface area contributed by atoms with Crippen LogP contribution < -0.4 is 17.0 Å². The molecule has 0 aliphatic heterocycles. The van der Waals surface area contributed by atoms with Gasteiger partial charge in [-0.25, -0.2) is 0 Å². The number of likely N-dealkylation sites (N-methyl/N-ethyl adjacent to an activating group) is 1. The van der Waals surface area contributed by atoms with Crippen LogP contribution in [0.3, 0.4) is 0 Å². The van der Waals surface area contributed by atoms with Crippen molar-refractivity contribution in [3.05, 3.63) is 0 Å². The summed E-state index contributed by atoms with van der Waals surface area (Å²) in [6.45, 7) is 2.81. The van der Waals surface area contributed by atoms with Crippen molar-refractivity contribution in [1.82, 2.24) is 0 Å². The molecule has 0 rings (SSSR count). The standard InChI is InChI=1S/C30H64NO5.BrH/c1-4-5-6-7-8-9-10-11-12-13-14-15-16-17-18-19-20-21-22-23-24-31(2,3)25-27(33)29(35)30(36)28(34)26-32;/h27-30,32-36H,4-26H2,1-3H3;1H/q+1;/p-1. The Kier molecular flexibility index (Phi) is 28.2. The molecule has 0 aromatic heterocycles. The molecule has 226 valence electrons. The third-order valence-corrected chi connectivity index (χ3v) is 7.62. The van der Waals surface area contributed by atoms with Crippen LogP contribution in [-0.2, 0) is 0 Å². The van der Waals surface area contributed by atoms with E-state index in [-0.39, 0.29) is 23.5 Å². The molecule has 7 heteroatoms. The van der Waals surface area contributed by atoms with Gasteiger partial charge < -0.3 is 47.0 Å². The first-order chi connectivity index (χ1) is 17.2. The van der Waals surface area contributed by atoms with Gasteiger partial charge in [-0.2, -0.15) is 0 Å². The third kappa shape index (κ3) is 23.8. The quantitative estimate of drug-likeness (QED) is 0.0739. The van der Waals surface area contributed by atoms with Gasteiger partial charge in [0, 0.05) is 0 Å². The van der Waals surface area contributed by atoms with Crippen LogP contribution in [0.25, 0.3) is 0 Å². The van der Waals surface area contributed by atoms with Crippen LogP contribution in [0.4, 0.5) is 0 Å². The molecule has 0 saturated heterocycles. The minimum absolute atomic E-state index is 0. The van der Waals surface area contributed by atoms with Gasteiger partial charge in [0.2, 0.25) is 0 Å². The number of hydrogen-bond donors (Lipinski definition) is 5. The zero-order valence-corrected chi connectivity index (χ0v) is 26.2. The number of quaternary nitrogens is 1. The van der Waals surface area contributed by atoms with E-state index in [0.717, 1.165) is 13.0 Å². The molecule has 0 heterocycles. The van der Waals surface area contributed by atoms with E-state index in [9.17, 15) is 20.4 Å². The largest absolute Gasteiger partial charge is 1.00 e. The van der Waals surface area contributed by atoms with Crippen molar-refractivity contribution in [3.8, 4) is 0 Å². The molecule has 0 aromatic rings. The number of unbranched alkanes of at least 4 members (excludes halogenated alkanes) is 19. The van der Waals surface area contributed by atoms with E-state index in [1.54, 1.807) is 0 Å². The molecule has 6 nitrogen and oxygen atoms in total. The van der Waals surface area contributed by atoms with Crippen molar-refractivity contribution in [1.29, 1.82) is 0 Å². The molecule has 0 saturated carbocycles. The van der Waals surface area contributed by atoms with Gasteiger partial charge in [0.1, 0.15) is 31.0 Å². The van der Waals surface area contributed by atoms with Gasteiger partial charge in [0.25, 0.3) is 0 Å². The lowest BCUT2D eigenvalue weighted by Gasteiger charge is -2.34. The number of hydrogen-bond acceptors (Lipinski definition) is 5. The minimum atomic E-state index is -1.55. The molecule has 4 atom stereocenters. The predicted molar refractivity (Wildman–Crippen MR) is 151 cm³/mol. The molecule has 0 radical (unpaired) electrons. The van der Waals surface area contributed by atoms with Crippen LogP contribution in [0.2, 0.25) is 0 Å². The van der Waals surface area contributed by atoms with Crippen molar-refractivity contribution in [2.24, 2.45) is 0 Å². The molecule has 0 aliphatic rings. The Morgan fingerprint density at radius 1 is 0.486 bits per heavy atom. The van der Waals surface area contributed by atoms with Gasteiger partial charge in [-0.1, -0.05) is 122 Å². The number of aliphatic hydroxyl groups excluding tert-OH is 5. The summed E-state index contributed by atoms with van der Waals surface area (Å²) >= 11 is 0. The third-order valence-electron chi connectivity index (χ3n) is 7.62. The Bertz CT molecular complexity index is 469. The first-order valence-electron chi connectivity index (χ1n) is 15.4. The lowest BCUT2D eigenvalue weighted by atomic mass is 10.0. The summed E-state index contributed by atoms with van der Waals surface area (Å²) in [5, 5.41) is 48.3. The lowest BCUT2D eigenvalue weighted by molar-refractivity contribution is -0.894. The maximum atomic E-state index is 10.2. The number of nitrogens with zero attached hydrogens (tertiary/aromatic N) is 1. The van der Waals surface area contributed by atoms with Gasteiger partial charge in [-0.15, -0.1) is 0 Å². The molecule has 0 amide bonds. The predicted octanol–water partition coefficient (Wildman–Crippen LogP) is 2.32. The Labute approximate surface area is 240 Å². The van der Waals surface area contributed by atoms with E-state index in [0.29, 0.717) is 4.48 Å². The van der Waals surface area contributed by atoms with E-state index in [1.165, 1.54) is 122 Å². The van der Waals surface area contributed by atoms with Crippen LogP contribution in [0.1, 0.15) is 135 Å². The Balaban J connectivity index is 0. The van der Waals surface area contributed by atoms with Crippen LogP contribution >= 0.6 is 0 Å². The molecule has 37 heavy (non-hydrogen) atoms. The van der Waals surface area contributed by atoms with E-state index in [4.69, 9.17) is 5.11 Å². The molecule has 0 bridgehead atoms. The van der Waals surface area contributed by atoms with E-state index in [1.807, 2.05) is 14.1 Å². The second-order valence-corrected chi connectivity index (χ2v) is 11.9. The molecule has 5 N–H and O–H groups in total. The monoisotopic (exact) mass is 597 g/mol. The minimum Gasteiger partial charge on any atom is -1.00 e. The molecule has 0 aromatic carbocycles. The first kappa shape index (κ1) is 39.4. The SMILES string of the molecule is CCCCCCCCCCCCCCCCCCCCCC[N+](C)(C)CC(O)C(O)C(O)C(O)CO.[Br-]. The van der Waals surface area contributed by atoms with Crippen molar-refractivity contribution < 1.29 is 47.0 Å². The summed E-state index contributed by atoms with van der Waals surface area (Å²) in [5.41, 5.74) is 0. The Morgan fingerprint density at radius 3 is 1.11 bits per heavy atom. The van der Waals surface area contributed by atoms with Crippen molar-refractivity contribution >= 4 is 0 Å². The summed E-state index contributed by atoms with van der Waals surface area (Å²) in [5.74, 6) is 0. The summed E-state index contributed by atoms with van der Waals surface area (Å²) in [7, 11) is 4.00. The summed E-state index contributed by atoms with van der Waals surface area (Å²) in [6, 6.07) is 0. The zero-order valence-electron chi connectivity index (χ0n) is 24.6. The fraction of sp³-hybridized carbons (Fsp3) is 1.00. The van der Waals surface area contributed by atoms with Gasteiger partial charge in [0.15, 0.2) is 0 Å². The topological polar surface area (TPSA) is 101 Å².